The van der Waals surface area contributed by atoms with E-state index in [4.69, 9.17) is 15.2 Å². The molecule has 0 atom stereocenters. The lowest BCUT2D eigenvalue weighted by Gasteiger charge is -2.37. The van der Waals surface area contributed by atoms with E-state index in [0.29, 0.717) is 36.3 Å². The van der Waals surface area contributed by atoms with Gasteiger partial charge < -0.3 is 15.2 Å². The Labute approximate surface area is 132 Å². The molecule has 0 aromatic heterocycles. The number of rotatable bonds is 2. The second-order valence-electron chi connectivity index (χ2n) is 5.24. The van der Waals surface area contributed by atoms with Crippen LogP contribution in [0.2, 0.25) is 0 Å². The van der Waals surface area contributed by atoms with Gasteiger partial charge in [-0.15, -0.1) is 0 Å². The second kappa shape index (κ2) is 5.51. The summed E-state index contributed by atoms with van der Waals surface area (Å²) < 4.78 is 38.8. The molecule has 6 nitrogen and oxygen atoms in total. The number of nitrogens with zero attached hydrogens (tertiary/aromatic N) is 1. The number of nitrogens with two attached hydrogens (primary N) is 1. The Morgan fingerprint density at radius 2 is 2.00 bits per heavy atom. The molecular formula is C13H17BrN2O4S. The number of halogens is 1. The van der Waals surface area contributed by atoms with Gasteiger partial charge in [-0.05, 0) is 40.5 Å². The molecule has 1 spiro atoms. The molecule has 1 aromatic rings. The van der Waals surface area contributed by atoms with Crippen molar-refractivity contribution >= 4 is 31.6 Å². The Hall–Kier alpha value is -0.670. The molecule has 0 unspecified atom stereocenters. The number of ether oxygens (including phenoxy) is 2. The lowest BCUT2D eigenvalue weighted by molar-refractivity contribution is -0.179. The molecule has 2 fully saturated rings. The molecule has 1 aromatic carbocycles. The smallest absolute Gasteiger partial charge is 0.244 e. The van der Waals surface area contributed by atoms with Crippen molar-refractivity contribution in [2.75, 3.05) is 32.0 Å². The highest BCUT2D eigenvalue weighted by Gasteiger charge is 2.44. The van der Waals surface area contributed by atoms with Crippen LogP contribution in [0.1, 0.15) is 12.8 Å². The first-order valence-corrected chi connectivity index (χ1v) is 8.99. The van der Waals surface area contributed by atoms with E-state index in [-0.39, 0.29) is 11.4 Å². The molecule has 2 N–H and O–H groups in total. The number of piperidine rings is 1. The maximum absolute atomic E-state index is 12.8. The lowest BCUT2D eigenvalue weighted by atomic mass is 10.1. The molecule has 0 aliphatic carbocycles. The highest BCUT2D eigenvalue weighted by atomic mass is 79.9. The van der Waals surface area contributed by atoms with Gasteiger partial charge in [0.25, 0.3) is 0 Å². The molecule has 2 aliphatic rings. The van der Waals surface area contributed by atoms with Crippen LogP contribution in [0, 0.1) is 0 Å². The first kappa shape index (κ1) is 15.2. The van der Waals surface area contributed by atoms with Crippen LogP contribution >= 0.6 is 15.9 Å². The summed E-state index contributed by atoms with van der Waals surface area (Å²) in [5.74, 6) is -0.780. The van der Waals surface area contributed by atoms with Crippen molar-refractivity contribution in [1.82, 2.24) is 4.31 Å². The molecule has 0 radical (unpaired) electrons. The number of benzene rings is 1. The molecule has 21 heavy (non-hydrogen) atoms. The van der Waals surface area contributed by atoms with Crippen LogP contribution in [-0.4, -0.2) is 44.8 Å². The molecule has 3 rings (SSSR count). The van der Waals surface area contributed by atoms with Crippen molar-refractivity contribution < 1.29 is 17.9 Å². The van der Waals surface area contributed by atoms with Crippen molar-refractivity contribution in [2.45, 2.75) is 23.5 Å². The third-order valence-electron chi connectivity index (χ3n) is 3.77. The van der Waals surface area contributed by atoms with Gasteiger partial charge in [0.1, 0.15) is 0 Å². The highest BCUT2D eigenvalue weighted by Crippen LogP contribution is 2.34. The summed E-state index contributed by atoms with van der Waals surface area (Å²) >= 11 is 3.28. The zero-order valence-corrected chi connectivity index (χ0v) is 13.8. The van der Waals surface area contributed by atoms with E-state index < -0.39 is 15.8 Å². The number of nitrogen functional groups attached to an aromatic ring is 1. The van der Waals surface area contributed by atoms with Crippen LogP contribution in [0.3, 0.4) is 0 Å². The molecule has 0 amide bonds. The SMILES string of the molecule is Nc1ccc(Br)c(S(=O)(=O)N2CCCC3(C2)OCCO3)c1. The normalized spacial score (nSPS) is 22.7. The number of hydrogen-bond donors (Lipinski definition) is 1. The molecule has 2 aliphatic heterocycles. The van der Waals surface area contributed by atoms with Crippen LogP contribution in [0.5, 0.6) is 0 Å². The van der Waals surface area contributed by atoms with Crippen LogP contribution in [0.4, 0.5) is 5.69 Å². The van der Waals surface area contributed by atoms with Crippen LogP contribution in [0.15, 0.2) is 27.6 Å². The summed E-state index contributed by atoms with van der Waals surface area (Å²) in [4.78, 5) is 0.178. The zero-order valence-electron chi connectivity index (χ0n) is 11.4. The Bertz CT molecular complexity index is 644. The van der Waals surface area contributed by atoms with Gasteiger partial charge in [-0.2, -0.15) is 4.31 Å². The monoisotopic (exact) mass is 376 g/mol. The van der Waals surface area contributed by atoms with E-state index in [1.54, 1.807) is 12.1 Å². The Morgan fingerprint density at radius 1 is 1.29 bits per heavy atom. The largest absolute Gasteiger partial charge is 0.399 e. The summed E-state index contributed by atoms with van der Waals surface area (Å²) in [5, 5.41) is 0. The van der Waals surface area contributed by atoms with E-state index in [1.165, 1.54) is 10.4 Å². The fourth-order valence-corrected chi connectivity index (χ4v) is 5.22. The van der Waals surface area contributed by atoms with Gasteiger partial charge in [-0.1, -0.05) is 0 Å². The molecule has 116 valence electrons. The van der Waals surface area contributed by atoms with Crippen molar-refractivity contribution in [1.29, 1.82) is 0 Å². The minimum absolute atomic E-state index is 0.178. The predicted octanol–water partition coefficient (Wildman–Crippen LogP) is 1.56. The van der Waals surface area contributed by atoms with Crippen molar-refractivity contribution in [3.8, 4) is 0 Å². The molecule has 2 saturated heterocycles. The quantitative estimate of drug-likeness (QED) is 0.791. The van der Waals surface area contributed by atoms with Gasteiger partial charge >= 0.3 is 0 Å². The third kappa shape index (κ3) is 2.83. The average molecular weight is 377 g/mol. The molecule has 0 bridgehead atoms. The van der Waals surface area contributed by atoms with Gasteiger partial charge in [0, 0.05) is 23.1 Å². The second-order valence-corrected chi connectivity index (χ2v) is 8.00. The van der Waals surface area contributed by atoms with Crippen molar-refractivity contribution in [3.05, 3.63) is 22.7 Å². The highest BCUT2D eigenvalue weighted by molar-refractivity contribution is 9.10. The maximum Gasteiger partial charge on any atom is 0.244 e. The van der Waals surface area contributed by atoms with Crippen LogP contribution < -0.4 is 5.73 Å². The summed E-state index contributed by atoms with van der Waals surface area (Å²) in [7, 11) is -3.63. The van der Waals surface area contributed by atoms with E-state index in [0.717, 1.165) is 6.42 Å². The molecule has 0 saturated carbocycles. The lowest BCUT2D eigenvalue weighted by Crippen LogP contribution is -2.50. The van der Waals surface area contributed by atoms with Crippen LogP contribution in [0.25, 0.3) is 0 Å². The van der Waals surface area contributed by atoms with Crippen LogP contribution in [-0.2, 0) is 19.5 Å². The Kier molecular flexibility index (Phi) is 4.00. The fraction of sp³-hybridized carbons (Fsp3) is 0.538. The van der Waals surface area contributed by atoms with Crippen molar-refractivity contribution in [3.63, 3.8) is 0 Å². The summed E-state index contributed by atoms with van der Waals surface area (Å²) in [5.41, 5.74) is 6.13. The van der Waals surface area contributed by atoms with Gasteiger partial charge in [-0.25, -0.2) is 8.42 Å². The standard InChI is InChI=1S/C13H17BrN2O4S/c14-11-3-2-10(15)8-12(11)21(17,18)16-5-1-4-13(9-16)19-6-7-20-13/h2-3,8H,1,4-7,9,15H2. The fourth-order valence-electron chi connectivity index (χ4n) is 2.75. The average Bonchev–Trinajstić information content (AvgIpc) is 2.89. The minimum atomic E-state index is -3.63. The zero-order chi connectivity index (χ0) is 15.1. The maximum atomic E-state index is 12.8. The topological polar surface area (TPSA) is 81.9 Å². The first-order chi connectivity index (χ1) is 9.93. The molecule has 2 heterocycles. The first-order valence-electron chi connectivity index (χ1n) is 6.76. The Balaban J connectivity index is 1.92. The van der Waals surface area contributed by atoms with Gasteiger partial charge in [0.05, 0.1) is 24.7 Å². The van der Waals surface area contributed by atoms with E-state index in [1.807, 2.05) is 0 Å². The van der Waals surface area contributed by atoms with E-state index in [9.17, 15) is 8.42 Å². The predicted molar refractivity (Wildman–Crippen MR) is 81.2 cm³/mol. The summed E-state index contributed by atoms with van der Waals surface area (Å²) in [6.07, 6.45) is 1.43. The van der Waals surface area contributed by atoms with Gasteiger partial charge in [-0.3, -0.25) is 0 Å². The minimum Gasteiger partial charge on any atom is -0.399 e. The number of sulfonamides is 1. The number of anilines is 1. The van der Waals surface area contributed by atoms with E-state index in [2.05, 4.69) is 15.9 Å². The molecule has 8 heteroatoms. The van der Waals surface area contributed by atoms with E-state index >= 15 is 0 Å². The summed E-state index contributed by atoms with van der Waals surface area (Å²) in [6, 6.07) is 4.77. The van der Waals surface area contributed by atoms with Gasteiger partial charge in [0.2, 0.25) is 10.0 Å². The van der Waals surface area contributed by atoms with Crippen molar-refractivity contribution in [2.24, 2.45) is 0 Å². The summed E-state index contributed by atoms with van der Waals surface area (Å²) in [6.45, 7) is 1.69. The Morgan fingerprint density at radius 3 is 2.71 bits per heavy atom. The number of hydrogen-bond acceptors (Lipinski definition) is 5. The third-order valence-corrected chi connectivity index (χ3v) is 6.61. The molecular weight excluding hydrogens is 360 g/mol. The van der Waals surface area contributed by atoms with Gasteiger partial charge in [0.15, 0.2) is 5.79 Å².